The molecule has 0 aliphatic heterocycles. The molecule has 0 aliphatic carbocycles. The van der Waals surface area contributed by atoms with Crippen molar-refractivity contribution < 1.29 is 9.53 Å². The Bertz CT molecular complexity index is 718. The number of nitrogens with zero attached hydrogens (tertiary/aromatic N) is 2. The molecule has 2 heterocycles. The Morgan fingerprint density at radius 1 is 1.43 bits per heavy atom. The molecule has 0 spiro atoms. The molecule has 0 unspecified atom stereocenters. The zero-order valence-corrected chi connectivity index (χ0v) is 13.6. The van der Waals surface area contributed by atoms with Crippen molar-refractivity contribution in [2.75, 3.05) is 6.61 Å². The maximum atomic E-state index is 12.7. The van der Waals surface area contributed by atoms with E-state index in [-0.39, 0.29) is 11.5 Å². The minimum absolute atomic E-state index is 0.165. The molecule has 5 nitrogen and oxygen atoms in total. The molecule has 21 heavy (non-hydrogen) atoms. The molecule has 0 bridgehead atoms. The van der Waals surface area contributed by atoms with Gasteiger partial charge in [-0.3, -0.25) is 9.36 Å². The summed E-state index contributed by atoms with van der Waals surface area (Å²) in [7, 11) is 0. The zero-order chi connectivity index (χ0) is 15.6. The lowest BCUT2D eigenvalue weighted by Crippen LogP contribution is -2.31. The first-order valence-electron chi connectivity index (χ1n) is 7.14. The molecule has 0 saturated carbocycles. The number of carbonyl (C=O) groups is 1. The highest BCUT2D eigenvalue weighted by Crippen LogP contribution is 2.26. The Kier molecular flexibility index (Phi) is 4.77. The molecule has 114 valence electrons. The van der Waals surface area contributed by atoms with E-state index in [0.29, 0.717) is 18.4 Å². The fraction of sp³-hybridized carbons (Fsp3) is 0.533. The van der Waals surface area contributed by atoms with E-state index in [1.807, 2.05) is 27.7 Å². The van der Waals surface area contributed by atoms with Crippen LogP contribution >= 0.6 is 11.3 Å². The summed E-state index contributed by atoms with van der Waals surface area (Å²) in [4.78, 5) is 30.9. The fourth-order valence-corrected chi connectivity index (χ4v) is 3.23. The fourth-order valence-electron chi connectivity index (χ4n) is 2.25. The van der Waals surface area contributed by atoms with Gasteiger partial charge >= 0.3 is 5.97 Å². The molecule has 6 heteroatoms. The summed E-state index contributed by atoms with van der Waals surface area (Å²) in [6.07, 6.45) is 2.72. The van der Waals surface area contributed by atoms with Crippen LogP contribution in [0.3, 0.4) is 0 Å². The predicted octanol–water partition coefficient (Wildman–Crippen LogP) is 2.98. The third-order valence-electron chi connectivity index (χ3n) is 3.56. The van der Waals surface area contributed by atoms with Crippen molar-refractivity contribution in [2.24, 2.45) is 0 Å². The standard InChI is InChI=1S/C15H20N2O3S/c1-5-7-20-15(19)11(6-2)17-8-16-13-12(14(17)18)9(3)10(4)21-13/h8,11H,5-7H2,1-4H3/t11-/m0/s1. The van der Waals surface area contributed by atoms with Crippen molar-refractivity contribution in [3.05, 3.63) is 27.1 Å². The molecule has 2 aromatic heterocycles. The molecule has 2 aromatic rings. The van der Waals surface area contributed by atoms with Crippen LogP contribution < -0.4 is 5.56 Å². The van der Waals surface area contributed by atoms with Crippen LogP contribution in [0.1, 0.15) is 43.2 Å². The summed E-state index contributed by atoms with van der Waals surface area (Å²) >= 11 is 1.50. The Hall–Kier alpha value is -1.69. The second-order valence-corrected chi connectivity index (χ2v) is 6.22. The topological polar surface area (TPSA) is 61.2 Å². The maximum Gasteiger partial charge on any atom is 0.329 e. The first-order chi connectivity index (χ1) is 10.0. The first kappa shape index (κ1) is 15.7. The average molecular weight is 308 g/mol. The molecule has 0 radical (unpaired) electrons. The van der Waals surface area contributed by atoms with Crippen molar-refractivity contribution in [1.82, 2.24) is 9.55 Å². The van der Waals surface area contributed by atoms with Crippen molar-refractivity contribution in [2.45, 2.75) is 46.6 Å². The Morgan fingerprint density at radius 2 is 2.14 bits per heavy atom. The van der Waals surface area contributed by atoms with E-state index in [1.54, 1.807) is 0 Å². The van der Waals surface area contributed by atoms with Gasteiger partial charge in [0, 0.05) is 4.88 Å². The molecule has 0 fully saturated rings. The number of ether oxygens (including phenoxy) is 1. The van der Waals surface area contributed by atoms with Gasteiger partial charge in [-0.15, -0.1) is 11.3 Å². The molecule has 0 saturated heterocycles. The Balaban J connectivity index is 2.50. The summed E-state index contributed by atoms with van der Waals surface area (Å²) in [6.45, 7) is 8.05. The lowest BCUT2D eigenvalue weighted by molar-refractivity contribution is -0.147. The Morgan fingerprint density at radius 3 is 2.76 bits per heavy atom. The van der Waals surface area contributed by atoms with Crippen LogP contribution in [0.2, 0.25) is 0 Å². The van der Waals surface area contributed by atoms with Crippen LogP contribution in [-0.2, 0) is 9.53 Å². The summed E-state index contributed by atoms with van der Waals surface area (Å²) in [6, 6.07) is -0.611. The lowest BCUT2D eigenvalue weighted by Gasteiger charge is -2.16. The predicted molar refractivity (Wildman–Crippen MR) is 83.9 cm³/mol. The molecule has 0 aromatic carbocycles. The van der Waals surface area contributed by atoms with E-state index in [9.17, 15) is 9.59 Å². The lowest BCUT2D eigenvalue weighted by atomic mass is 10.2. The van der Waals surface area contributed by atoms with Crippen LogP contribution in [-0.4, -0.2) is 22.1 Å². The van der Waals surface area contributed by atoms with E-state index in [0.717, 1.165) is 21.7 Å². The van der Waals surface area contributed by atoms with E-state index in [1.165, 1.54) is 22.2 Å². The van der Waals surface area contributed by atoms with Crippen molar-refractivity contribution >= 4 is 27.5 Å². The van der Waals surface area contributed by atoms with Gasteiger partial charge in [0.1, 0.15) is 10.9 Å². The number of carbonyl (C=O) groups excluding carboxylic acids is 1. The van der Waals surface area contributed by atoms with E-state index < -0.39 is 6.04 Å². The minimum Gasteiger partial charge on any atom is -0.464 e. The van der Waals surface area contributed by atoms with E-state index in [4.69, 9.17) is 4.74 Å². The number of aromatic nitrogens is 2. The van der Waals surface area contributed by atoms with Crippen LogP contribution in [0.5, 0.6) is 0 Å². The number of fused-ring (bicyclic) bond motifs is 1. The number of rotatable bonds is 5. The van der Waals surface area contributed by atoms with E-state index >= 15 is 0 Å². The number of hydrogen-bond donors (Lipinski definition) is 0. The minimum atomic E-state index is -0.611. The van der Waals surface area contributed by atoms with Crippen LogP contribution in [0.15, 0.2) is 11.1 Å². The number of hydrogen-bond acceptors (Lipinski definition) is 5. The van der Waals surface area contributed by atoms with E-state index in [2.05, 4.69) is 4.98 Å². The summed E-state index contributed by atoms with van der Waals surface area (Å²) < 4.78 is 6.58. The largest absolute Gasteiger partial charge is 0.464 e. The van der Waals surface area contributed by atoms with Gasteiger partial charge in [-0.25, -0.2) is 9.78 Å². The zero-order valence-electron chi connectivity index (χ0n) is 12.8. The average Bonchev–Trinajstić information content (AvgIpc) is 2.75. The van der Waals surface area contributed by atoms with Crippen LogP contribution in [0.4, 0.5) is 0 Å². The highest BCUT2D eigenvalue weighted by Gasteiger charge is 2.23. The molecule has 0 aliphatic rings. The molecule has 1 atom stereocenters. The highest BCUT2D eigenvalue weighted by atomic mass is 32.1. The second-order valence-electron chi connectivity index (χ2n) is 5.01. The van der Waals surface area contributed by atoms with Crippen LogP contribution in [0, 0.1) is 13.8 Å². The van der Waals surface area contributed by atoms with Crippen molar-refractivity contribution in [3.8, 4) is 0 Å². The quantitative estimate of drug-likeness (QED) is 0.797. The summed E-state index contributed by atoms with van der Waals surface area (Å²) in [5.41, 5.74) is 0.778. The summed E-state index contributed by atoms with van der Waals surface area (Å²) in [5, 5.41) is 0.613. The third-order valence-corrected chi connectivity index (χ3v) is 4.67. The second kappa shape index (κ2) is 6.39. The normalized spacial score (nSPS) is 12.6. The molecular weight excluding hydrogens is 288 g/mol. The third kappa shape index (κ3) is 2.85. The molecular formula is C15H20N2O3S. The highest BCUT2D eigenvalue weighted by molar-refractivity contribution is 7.18. The smallest absolute Gasteiger partial charge is 0.329 e. The Labute approximate surface area is 127 Å². The first-order valence-corrected chi connectivity index (χ1v) is 7.96. The van der Waals surface area contributed by atoms with Gasteiger partial charge in [0.25, 0.3) is 5.56 Å². The number of aryl methyl sites for hydroxylation is 2. The molecule has 0 amide bonds. The number of esters is 1. The van der Waals surface area contributed by atoms with Gasteiger partial charge in [-0.05, 0) is 32.3 Å². The SMILES string of the molecule is CCCOC(=O)[C@H](CC)n1cnc2sc(C)c(C)c2c1=O. The summed E-state index contributed by atoms with van der Waals surface area (Å²) in [5.74, 6) is -0.368. The van der Waals surface area contributed by atoms with Gasteiger partial charge < -0.3 is 4.74 Å². The van der Waals surface area contributed by atoms with Gasteiger partial charge in [0.05, 0.1) is 18.3 Å². The maximum absolute atomic E-state index is 12.7. The van der Waals surface area contributed by atoms with Crippen LogP contribution in [0.25, 0.3) is 10.2 Å². The van der Waals surface area contributed by atoms with Gasteiger partial charge in [-0.1, -0.05) is 13.8 Å². The van der Waals surface area contributed by atoms with Gasteiger partial charge in [0.2, 0.25) is 0 Å². The molecule has 2 rings (SSSR count). The van der Waals surface area contributed by atoms with Gasteiger partial charge in [0.15, 0.2) is 0 Å². The molecule has 0 N–H and O–H groups in total. The monoisotopic (exact) mass is 308 g/mol. The van der Waals surface area contributed by atoms with Gasteiger partial charge in [-0.2, -0.15) is 0 Å². The van der Waals surface area contributed by atoms with Crippen molar-refractivity contribution in [1.29, 1.82) is 0 Å². The number of thiophene rings is 1. The van der Waals surface area contributed by atoms with Crippen molar-refractivity contribution in [3.63, 3.8) is 0 Å².